The Morgan fingerprint density at radius 2 is 1.83 bits per heavy atom. The minimum atomic E-state index is 0.135. The zero-order chi connectivity index (χ0) is 13.0. The molecule has 2 heteroatoms. The molecule has 92 valence electrons. The van der Waals surface area contributed by atoms with Gasteiger partial charge < -0.3 is 10.8 Å². The molecule has 0 atom stereocenters. The average molecular weight is 239 g/mol. The lowest BCUT2D eigenvalue weighted by atomic mass is 10.0. The number of allylic oxidation sites excluding steroid dienone is 1. The third kappa shape index (κ3) is 2.92. The van der Waals surface area contributed by atoms with Gasteiger partial charge in [0, 0.05) is 5.56 Å². The monoisotopic (exact) mass is 239 g/mol. The van der Waals surface area contributed by atoms with E-state index in [1.54, 1.807) is 12.1 Å². The summed E-state index contributed by atoms with van der Waals surface area (Å²) in [5.74, 6) is 0.135. The minimum Gasteiger partial charge on any atom is -0.506 e. The Kier molecular flexibility index (Phi) is 3.68. The van der Waals surface area contributed by atoms with Gasteiger partial charge in [-0.15, -0.1) is 0 Å². The highest BCUT2D eigenvalue weighted by molar-refractivity contribution is 5.71. The number of hydrogen-bond acceptors (Lipinski definition) is 2. The van der Waals surface area contributed by atoms with Crippen molar-refractivity contribution in [2.75, 3.05) is 5.73 Å². The Balaban J connectivity index is 2.20. The largest absolute Gasteiger partial charge is 0.506 e. The Bertz CT molecular complexity index is 559. The van der Waals surface area contributed by atoms with Crippen LogP contribution >= 0.6 is 0 Å². The molecule has 0 amide bonds. The van der Waals surface area contributed by atoms with E-state index in [9.17, 15) is 5.11 Å². The molecular formula is C16H17NO. The predicted octanol–water partition coefficient (Wildman–Crippen LogP) is 3.62. The van der Waals surface area contributed by atoms with Gasteiger partial charge in [0.05, 0.1) is 5.69 Å². The van der Waals surface area contributed by atoms with Gasteiger partial charge in [-0.1, -0.05) is 54.1 Å². The summed E-state index contributed by atoms with van der Waals surface area (Å²) in [7, 11) is 0. The highest BCUT2D eigenvalue weighted by Crippen LogP contribution is 2.25. The van der Waals surface area contributed by atoms with E-state index in [-0.39, 0.29) is 5.75 Å². The van der Waals surface area contributed by atoms with Crippen LogP contribution in [0.5, 0.6) is 5.75 Å². The Morgan fingerprint density at radius 3 is 2.56 bits per heavy atom. The molecule has 0 aliphatic carbocycles. The van der Waals surface area contributed by atoms with Crippen molar-refractivity contribution in [3.8, 4) is 5.75 Å². The van der Waals surface area contributed by atoms with Gasteiger partial charge in [-0.05, 0) is 25.0 Å². The van der Waals surface area contributed by atoms with Crippen LogP contribution in [0.25, 0.3) is 6.08 Å². The number of anilines is 1. The second-order valence-corrected chi connectivity index (χ2v) is 4.43. The van der Waals surface area contributed by atoms with Gasteiger partial charge in [0.2, 0.25) is 0 Å². The molecule has 0 fully saturated rings. The number of para-hydroxylation sites is 1. The molecule has 0 aromatic heterocycles. The van der Waals surface area contributed by atoms with E-state index >= 15 is 0 Å². The molecule has 0 saturated heterocycles. The third-order valence-electron chi connectivity index (χ3n) is 2.84. The quantitative estimate of drug-likeness (QED) is 0.634. The van der Waals surface area contributed by atoms with E-state index in [1.807, 2.05) is 30.3 Å². The molecule has 0 radical (unpaired) electrons. The Labute approximate surface area is 107 Å². The second kappa shape index (κ2) is 5.41. The van der Waals surface area contributed by atoms with Crippen molar-refractivity contribution >= 4 is 11.8 Å². The first-order valence-electron chi connectivity index (χ1n) is 5.95. The summed E-state index contributed by atoms with van der Waals surface area (Å²) in [5, 5.41) is 9.55. The summed E-state index contributed by atoms with van der Waals surface area (Å²) < 4.78 is 0. The molecule has 2 rings (SSSR count). The van der Waals surface area contributed by atoms with E-state index in [0.29, 0.717) is 5.69 Å². The highest BCUT2D eigenvalue weighted by atomic mass is 16.3. The van der Waals surface area contributed by atoms with Gasteiger partial charge >= 0.3 is 0 Å². The smallest absolute Gasteiger partial charge is 0.139 e. The molecule has 0 spiro atoms. The van der Waals surface area contributed by atoms with Crippen LogP contribution in [0.3, 0.4) is 0 Å². The predicted molar refractivity (Wildman–Crippen MR) is 76.3 cm³/mol. The van der Waals surface area contributed by atoms with Crippen LogP contribution in [-0.4, -0.2) is 5.11 Å². The molecule has 18 heavy (non-hydrogen) atoms. The van der Waals surface area contributed by atoms with Gasteiger partial charge in [-0.2, -0.15) is 0 Å². The molecule has 3 N–H and O–H groups in total. The average Bonchev–Trinajstić information content (AvgIpc) is 2.36. The van der Waals surface area contributed by atoms with Crippen LogP contribution < -0.4 is 5.73 Å². The fourth-order valence-electron chi connectivity index (χ4n) is 1.93. The number of phenols is 1. The topological polar surface area (TPSA) is 46.2 Å². The van der Waals surface area contributed by atoms with Crippen molar-refractivity contribution in [1.82, 2.24) is 0 Å². The molecule has 0 aliphatic rings. The molecule has 0 heterocycles. The van der Waals surface area contributed by atoms with E-state index in [2.05, 4.69) is 19.1 Å². The van der Waals surface area contributed by atoms with Gasteiger partial charge in [0.1, 0.15) is 5.75 Å². The maximum atomic E-state index is 9.55. The zero-order valence-corrected chi connectivity index (χ0v) is 10.4. The maximum Gasteiger partial charge on any atom is 0.139 e. The summed E-state index contributed by atoms with van der Waals surface area (Å²) in [6.45, 7) is 2.07. The van der Waals surface area contributed by atoms with Crippen LogP contribution in [0.1, 0.15) is 18.1 Å². The fraction of sp³-hybridized carbons (Fsp3) is 0.125. The Hall–Kier alpha value is -2.22. The molecule has 2 aromatic rings. The lowest BCUT2D eigenvalue weighted by Gasteiger charge is -2.05. The van der Waals surface area contributed by atoms with Crippen LogP contribution in [0.2, 0.25) is 0 Å². The van der Waals surface area contributed by atoms with Crippen molar-refractivity contribution in [2.45, 2.75) is 13.3 Å². The van der Waals surface area contributed by atoms with Crippen molar-refractivity contribution < 1.29 is 5.11 Å². The van der Waals surface area contributed by atoms with E-state index in [0.717, 1.165) is 12.0 Å². The van der Waals surface area contributed by atoms with Crippen LogP contribution in [-0.2, 0) is 6.42 Å². The van der Waals surface area contributed by atoms with E-state index in [4.69, 9.17) is 5.73 Å². The first kappa shape index (κ1) is 12.2. The number of nitrogens with two attached hydrogens (primary N) is 1. The normalized spacial score (nSPS) is 11.5. The first-order valence-corrected chi connectivity index (χ1v) is 5.95. The lowest BCUT2D eigenvalue weighted by molar-refractivity contribution is 0.478. The number of rotatable bonds is 3. The summed E-state index contributed by atoms with van der Waals surface area (Å²) in [6.07, 6.45) is 2.90. The highest BCUT2D eigenvalue weighted by Gasteiger charge is 2.01. The summed E-state index contributed by atoms with van der Waals surface area (Å²) in [6, 6.07) is 15.6. The summed E-state index contributed by atoms with van der Waals surface area (Å²) >= 11 is 0. The molecule has 2 nitrogen and oxygen atoms in total. The second-order valence-electron chi connectivity index (χ2n) is 4.43. The van der Waals surface area contributed by atoms with E-state index < -0.39 is 0 Å². The van der Waals surface area contributed by atoms with Gasteiger partial charge in [0.25, 0.3) is 0 Å². The summed E-state index contributed by atoms with van der Waals surface area (Å²) in [5.41, 5.74) is 9.60. The summed E-state index contributed by atoms with van der Waals surface area (Å²) in [4.78, 5) is 0. The number of hydrogen-bond donors (Lipinski definition) is 2. The standard InChI is InChI=1S/C16H17NO/c1-12(10-13-6-3-2-4-7-13)11-14-8-5-9-15(18)16(14)17/h2-9,11,18H,10,17H2,1H3/b12-11+. The van der Waals surface area contributed by atoms with Crippen LogP contribution in [0, 0.1) is 0 Å². The van der Waals surface area contributed by atoms with Gasteiger partial charge in [-0.25, -0.2) is 0 Å². The molecule has 0 aliphatic heterocycles. The maximum absolute atomic E-state index is 9.55. The number of benzene rings is 2. The van der Waals surface area contributed by atoms with Crippen molar-refractivity contribution in [2.24, 2.45) is 0 Å². The van der Waals surface area contributed by atoms with Crippen molar-refractivity contribution in [3.05, 3.63) is 65.2 Å². The van der Waals surface area contributed by atoms with Gasteiger partial charge in [0.15, 0.2) is 0 Å². The number of nitrogen functional groups attached to an aromatic ring is 1. The van der Waals surface area contributed by atoms with Gasteiger partial charge in [-0.3, -0.25) is 0 Å². The van der Waals surface area contributed by atoms with E-state index in [1.165, 1.54) is 11.1 Å². The molecule has 0 bridgehead atoms. The SMILES string of the molecule is C/C(=C\c1cccc(O)c1N)Cc1ccccc1. The van der Waals surface area contributed by atoms with Crippen LogP contribution in [0.15, 0.2) is 54.1 Å². The fourth-order valence-corrected chi connectivity index (χ4v) is 1.93. The molecular weight excluding hydrogens is 222 g/mol. The van der Waals surface area contributed by atoms with Crippen LogP contribution in [0.4, 0.5) is 5.69 Å². The molecule has 2 aromatic carbocycles. The third-order valence-corrected chi connectivity index (χ3v) is 2.84. The van der Waals surface area contributed by atoms with Crippen molar-refractivity contribution in [1.29, 1.82) is 0 Å². The molecule has 0 unspecified atom stereocenters. The number of aromatic hydroxyl groups is 1. The first-order chi connectivity index (χ1) is 8.66. The zero-order valence-electron chi connectivity index (χ0n) is 10.4. The lowest BCUT2D eigenvalue weighted by Crippen LogP contribution is -1.91. The van der Waals surface area contributed by atoms with Crippen molar-refractivity contribution in [3.63, 3.8) is 0 Å². The number of phenolic OH excluding ortho intramolecular Hbond substituents is 1. The minimum absolute atomic E-state index is 0.135. The Morgan fingerprint density at radius 1 is 1.11 bits per heavy atom. The molecule has 0 saturated carbocycles.